The second-order valence-corrected chi connectivity index (χ2v) is 8.93. The first-order chi connectivity index (χ1) is 12.1. The van der Waals surface area contributed by atoms with Crippen molar-refractivity contribution in [2.75, 3.05) is 13.2 Å². The van der Waals surface area contributed by atoms with Gasteiger partial charge in [-0.2, -0.15) is 0 Å². The fourth-order valence-corrected chi connectivity index (χ4v) is 6.28. The Balaban J connectivity index is 1.26. The van der Waals surface area contributed by atoms with Gasteiger partial charge in [-0.25, -0.2) is 4.79 Å². The van der Waals surface area contributed by atoms with Gasteiger partial charge in [-0.15, -0.1) is 5.10 Å². The predicted octanol–water partition coefficient (Wildman–Crippen LogP) is 2.59. The number of ether oxygens (including phenoxy) is 1. The van der Waals surface area contributed by atoms with Crippen LogP contribution in [0.15, 0.2) is 0 Å². The molecular weight excluding hydrogens is 338 g/mol. The van der Waals surface area contributed by atoms with Crippen molar-refractivity contribution in [2.24, 2.45) is 23.2 Å². The van der Waals surface area contributed by atoms with E-state index in [0.717, 1.165) is 35.8 Å². The first-order valence-electron chi connectivity index (χ1n) is 9.32. The maximum Gasteiger partial charge on any atom is 0.352 e. The average Bonchev–Trinajstić information content (AvgIpc) is 3.05. The van der Waals surface area contributed by atoms with Crippen molar-refractivity contribution < 1.29 is 14.3 Å². The summed E-state index contributed by atoms with van der Waals surface area (Å²) in [6.07, 6.45) is 8.58. The van der Waals surface area contributed by atoms with Gasteiger partial charge in [-0.1, -0.05) is 11.4 Å². The van der Waals surface area contributed by atoms with Crippen LogP contribution in [-0.2, 0) is 16.0 Å². The van der Waals surface area contributed by atoms with E-state index in [0.29, 0.717) is 22.4 Å². The SMILES string of the molecule is CCc1nnsc1C(=O)OCC(=O)NCC12CC3CC(CC(C3)C1)C2. The van der Waals surface area contributed by atoms with Gasteiger partial charge in [0.05, 0.1) is 5.69 Å². The van der Waals surface area contributed by atoms with Gasteiger partial charge in [0.2, 0.25) is 0 Å². The first-order valence-corrected chi connectivity index (χ1v) is 10.1. The molecular formula is C18H25N3O3S. The minimum absolute atomic E-state index is 0.209. The minimum atomic E-state index is -0.503. The Morgan fingerprint density at radius 3 is 2.44 bits per heavy atom. The topological polar surface area (TPSA) is 81.2 Å². The van der Waals surface area contributed by atoms with Gasteiger partial charge in [-0.3, -0.25) is 4.79 Å². The molecule has 0 unspecified atom stereocenters. The molecule has 0 radical (unpaired) electrons. The van der Waals surface area contributed by atoms with Gasteiger partial charge in [0.25, 0.3) is 5.91 Å². The number of nitrogens with zero attached hydrogens (tertiary/aromatic N) is 2. The van der Waals surface area contributed by atoms with Crippen molar-refractivity contribution in [3.63, 3.8) is 0 Å². The van der Waals surface area contributed by atoms with Gasteiger partial charge >= 0.3 is 5.97 Å². The van der Waals surface area contributed by atoms with E-state index < -0.39 is 5.97 Å². The molecule has 0 spiro atoms. The number of nitrogens with one attached hydrogen (secondary N) is 1. The van der Waals surface area contributed by atoms with E-state index >= 15 is 0 Å². The highest BCUT2D eigenvalue weighted by molar-refractivity contribution is 7.07. The number of carbonyl (C=O) groups is 2. The smallest absolute Gasteiger partial charge is 0.352 e. The summed E-state index contributed by atoms with van der Waals surface area (Å²) in [4.78, 5) is 24.6. The van der Waals surface area contributed by atoms with Crippen LogP contribution in [0.3, 0.4) is 0 Å². The monoisotopic (exact) mass is 363 g/mol. The molecule has 0 saturated heterocycles. The zero-order valence-electron chi connectivity index (χ0n) is 14.6. The fraction of sp³-hybridized carbons (Fsp3) is 0.778. The molecule has 0 aliphatic heterocycles. The average molecular weight is 363 g/mol. The summed E-state index contributed by atoms with van der Waals surface area (Å²) < 4.78 is 8.92. The Bertz CT molecular complexity index is 637. The molecule has 0 aromatic carbocycles. The summed E-state index contributed by atoms with van der Waals surface area (Å²) in [7, 11) is 0. The number of aryl methyl sites for hydroxylation is 1. The van der Waals surface area contributed by atoms with Gasteiger partial charge in [0.1, 0.15) is 0 Å². The molecule has 136 valence electrons. The normalized spacial score (nSPS) is 32.6. The molecule has 0 atom stereocenters. The summed E-state index contributed by atoms with van der Waals surface area (Å²) in [6, 6.07) is 0. The number of hydrogen-bond acceptors (Lipinski definition) is 6. The summed E-state index contributed by atoms with van der Waals surface area (Å²) in [5, 5.41) is 6.92. The van der Waals surface area contributed by atoms with Crippen LogP contribution in [0.4, 0.5) is 0 Å². The second-order valence-electron chi connectivity index (χ2n) is 8.17. The number of rotatable bonds is 6. The largest absolute Gasteiger partial charge is 0.451 e. The molecule has 4 aliphatic carbocycles. The predicted molar refractivity (Wildman–Crippen MR) is 93.2 cm³/mol. The van der Waals surface area contributed by atoms with Gasteiger partial charge in [0.15, 0.2) is 11.5 Å². The van der Waals surface area contributed by atoms with Crippen LogP contribution in [0.25, 0.3) is 0 Å². The molecule has 1 aromatic heterocycles. The van der Waals surface area contributed by atoms with E-state index in [9.17, 15) is 9.59 Å². The van der Waals surface area contributed by atoms with Crippen LogP contribution in [0.2, 0.25) is 0 Å². The molecule has 1 heterocycles. The van der Waals surface area contributed by atoms with Gasteiger partial charge in [0, 0.05) is 6.54 Å². The molecule has 5 rings (SSSR count). The Morgan fingerprint density at radius 2 is 1.84 bits per heavy atom. The third-order valence-corrected chi connectivity index (χ3v) is 6.98. The van der Waals surface area contributed by atoms with Crippen LogP contribution in [0, 0.1) is 23.2 Å². The number of aromatic nitrogens is 2. The molecule has 25 heavy (non-hydrogen) atoms. The maximum atomic E-state index is 12.1. The van der Waals surface area contributed by atoms with E-state index in [1.807, 2.05) is 6.92 Å². The Morgan fingerprint density at radius 1 is 1.20 bits per heavy atom. The highest BCUT2D eigenvalue weighted by atomic mass is 32.1. The zero-order chi connectivity index (χ0) is 17.4. The third kappa shape index (κ3) is 3.43. The van der Waals surface area contributed by atoms with Crippen LogP contribution in [0.5, 0.6) is 0 Å². The van der Waals surface area contributed by atoms with Crippen LogP contribution >= 0.6 is 11.5 Å². The van der Waals surface area contributed by atoms with Crippen LogP contribution in [0.1, 0.15) is 60.8 Å². The van der Waals surface area contributed by atoms with E-state index in [4.69, 9.17) is 4.74 Å². The molecule has 1 N–H and O–H groups in total. The Labute approximate surface area is 151 Å². The minimum Gasteiger partial charge on any atom is -0.451 e. The molecule has 4 aliphatic rings. The van der Waals surface area contributed by atoms with E-state index in [2.05, 4.69) is 14.9 Å². The number of hydrogen-bond donors (Lipinski definition) is 1. The van der Waals surface area contributed by atoms with Crippen molar-refractivity contribution in [1.29, 1.82) is 0 Å². The van der Waals surface area contributed by atoms with E-state index in [1.54, 1.807) is 0 Å². The van der Waals surface area contributed by atoms with Crippen molar-refractivity contribution >= 4 is 23.4 Å². The fourth-order valence-electron chi connectivity index (χ4n) is 5.64. The van der Waals surface area contributed by atoms with Crippen molar-refractivity contribution in [2.45, 2.75) is 51.9 Å². The van der Waals surface area contributed by atoms with Gasteiger partial charge < -0.3 is 10.1 Å². The lowest BCUT2D eigenvalue weighted by molar-refractivity contribution is -0.126. The Kier molecular flexibility index (Phi) is 4.52. The molecule has 7 heteroatoms. The summed E-state index contributed by atoms with van der Waals surface area (Å²) in [5.74, 6) is 1.89. The summed E-state index contributed by atoms with van der Waals surface area (Å²) >= 11 is 1.02. The molecule has 6 nitrogen and oxygen atoms in total. The second kappa shape index (κ2) is 6.67. The lowest BCUT2D eigenvalue weighted by Crippen LogP contribution is -2.51. The molecule has 4 saturated carbocycles. The maximum absolute atomic E-state index is 12.1. The first kappa shape index (κ1) is 16.9. The third-order valence-electron chi connectivity index (χ3n) is 6.24. The molecule has 1 amide bonds. The zero-order valence-corrected chi connectivity index (χ0v) is 15.4. The number of amides is 1. The molecule has 4 bridgehead atoms. The van der Waals surface area contributed by atoms with Crippen LogP contribution in [-0.4, -0.2) is 34.6 Å². The highest BCUT2D eigenvalue weighted by Crippen LogP contribution is 2.59. The lowest BCUT2D eigenvalue weighted by Gasteiger charge is -2.56. The van der Waals surface area contributed by atoms with Gasteiger partial charge in [-0.05, 0) is 79.6 Å². The summed E-state index contributed by atoms with van der Waals surface area (Å²) in [5.41, 5.74) is 0.926. The van der Waals surface area contributed by atoms with Crippen molar-refractivity contribution in [3.05, 3.63) is 10.6 Å². The van der Waals surface area contributed by atoms with Crippen molar-refractivity contribution in [3.8, 4) is 0 Å². The highest BCUT2D eigenvalue weighted by Gasteiger charge is 2.50. The van der Waals surface area contributed by atoms with Crippen molar-refractivity contribution in [1.82, 2.24) is 14.9 Å². The Hall–Kier alpha value is -1.50. The standard InChI is InChI=1S/C18H25N3O3S/c1-2-14-16(25-21-20-14)17(23)24-9-15(22)19-10-18-6-11-3-12(7-18)5-13(4-11)8-18/h11-13H,2-10H2,1H3,(H,19,22). The molecule has 1 aromatic rings. The lowest BCUT2D eigenvalue weighted by atomic mass is 9.49. The van der Waals surface area contributed by atoms with Crippen LogP contribution < -0.4 is 5.32 Å². The number of carbonyl (C=O) groups excluding carboxylic acids is 2. The van der Waals surface area contributed by atoms with E-state index in [1.165, 1.54) is 38.5 Å². The summed E-state index contributed by atoms with van der Waals surface area (Å²) in [6.45, 7) is 2.41. The number of esters is 1. The van der Waals surface area contributed by atoms with E-state index in [-0.39, 0.29) is 12.5 Å². The molecule has 4 fully saturated rings. The quantitative estimate of drug-likeness (QED) is 0.786.